The molecule has 0 bridgehead atoms. The first-order valence-electron chi connectivity index (χ1n) is 8.98. The Morgan fingerprint density at radius 2 is 1.69 bits per heavy atom. The van der Waals surface area contributed by atoms with Gasteiger partial charge in [-0.25, -0.2) is 13.1 Å². The number of fused-ring (bicyclic) bond motifs is 1. The molecule has 3 aromatic rings. The van der Waals surface area contributed by atoms with Crippen LogP contribution in [0.3, 0.4) is 0 Å². The molecule has 0 aliphatic rings. The first kappa shape index (κ1) is 20.6. The molecule has 0 fully saturated rings. The number of hydrogen-bond donors (Lipinski definition) is 3. The Balaban J connectivity index is 1.42. The van der Waals surface area contributed by atoms with E-state index in [2.05, 4.69) is 15.4 Å². The van der Waals surface area contributed by atoms with Crippen LogP contribution in [-0.4, -0.2) is 33.3 Å². The van der Waals surface area contributed by atoms with Crippen LogP contribution >= 0.6 is 0 Å². The molecule has 0 spiro atoms. The molecular weight excluding hydrogens is 394 g/mol. The van der Waals surface area contributed by atoms with Crippen molar-refractivity contribution in [1.29, 1.82) is 0 Å². The molecule has 9 heteroatoms. The number of rotatable bonds is 9. The van der Waals surface area contributed by atoms with Gasteiger partial charge >= 0.3 is 0 Å². The van der Waals surface area contributed by atoms with Crippen LogP contribution in [0.2, 0.25) is 0 Å². The summed E-state index contributed by atoms with van der Waals surface area (Å²) in [5.41, 5.74) is 0. The summed E-state index contributed by atoms with van der Waals surface area (Å²) < 4.78 is 32.3. The fourth-order valence-electron chi connectivity index (χ4n) is 2.65. The number of carbonyl (C=O) groups is 2. The van der Waals surface area contributed by atoms with Crippen molar-refractivity contribution >= 4 is 32.6 Å². The predicted molar refractivity (Wildman–Crippen MR) is 107 cm³/mol. The lowest BCUT2D eigenvalue weighted by molar-refractivity contribution is -0.126. The van der Waals surface area contributed by atoms with E-state index in [-0.39, 0.29) is 36.9 Å². The Hall–Kier alpha value is -3.17. The van der Waals surface area contributed by atoms with Gasteiger partial charge in [0.05, 0.1) is 24.2 Å². The van der Waals surface area contributed by atoms with Gasteiger partial charge in [-0.1, -0.05) is 30.3 Å². The van der Waals surface area contributed by atoms with Gasteiger partial charge < -0.3 is 15.1 Å². The fourth-order valence-corrected chi connectivity index (χ4v) is 3.71. The second kappa shape index (κ2) is 9.35. The molecule has 8 nitrogen and oxygen atoms in total. The largest absolute Gasteiger partial charge is 0.467 e. The van der Waals surface area contributed by atoms with E-state index in [1.54, 1.807) is 24.3 Å². The van der Waals surface area contributed by atoms with Crippen LogP contribution in [0.15, 0.2) is 70.2 Å². The van der Waals surface area contributed by atoms with Crippen molar-refractivity contribution in [2.75, 3.05) is 13.1 Å². The molecule has 1 aromatic heterocycles. The lowest BCUT2D eigenvalue weighted by Crippen LogP contribution is -2.38. The molecular formula is C20H21N3O5S. The van der Waals surface area contributed by atoms with Crippen molar-refractivity contribution in [2.24, 2.45) is 0 Å². The third kappa shape index (κ3) is 5.90. The average molecular weight is 415 g/mol. The summed E-state index contributed by atoms with van der Waals surface area (Å²) in [5, 5.41) is 6.80. The van der Waals surface area contributed by atoms with E-state index in [0.29, 0.717) is 5.76 Å². The number of hydrogen-bond acceptors (Lipinski definition) is 5. The molecule has 0 saturated carbocycles. The fraction of sp³-hybridized carbons (Fsp3) is 0.200. The maximum Gasteiger partial charge on any atom is 0.240 e. The maximum absolute atomic E-state index is 12.4. The zero-order chi connectivity index (χ0) is 20.7. The molecule has 0 aliphatic carbocycles. The highest BCUT2D eigenvalue weighted by Crippen LogP contribution is 2.18. The highest BCUT2D eigenvalue weighted by molar-refractivity contribution is 7.89. The van der Waals surface area contributed by atoms with Gasteiger partial charge in [-0.2, -0.15) is 0 Å². The van der Waals surface area contributed by atoms with Crippen LogP contribution in [0.4, 0.5) is 0 Å². The predicted octanol–water partition coefficient (Wildman–Crippen LogP) is 1.53. The Labute approximate surface area is 168 Å². The van der Waals surface area contributed by atoms with Crippen molar-refractivity contribution in [3.63, 3.8) is 0 Å². The van der Waals surface area contributed by atoms with Crippen LogP contribution in [0, 0.1) is 0 Å². The van der Waals surface area contributed by atoms with E-state index in [4.69, 9.17) is 4.42 Å². The second-order valence-corrected chi connectivity index (χ2v) is 8.06. The molecule has 152 valence electrons. The zero-order valence-electron chi connectivity index (χ0n) is 15.6. The van der Waals surface area contributed by atoms with Gasteiger partial charge in [0.15, 0.2) is 0 Å². The minimum atomic E-state index is -3.73. The minimum Gasteiger partial charge on any atom is -0.467 e. The van der Waals surface area contributed by atoms with Crippen molar-refractivity contribution < 1.29 is 22.4 Å². The Kier molecular flexibility index (Phi) is 6.63. The monoisotopic (exact) mass is 415 g/mol. The SMILES string of the molecule is O=C(CCNS(=O)(=O)c1ccc2ccccc2c1)NCC(=O)NCc1ccco1. The third-order valence-electron chi connectivity index (χ3n) is 4.16. The first-order valence-corrected chi connectivity index (χ1v) is 10.5. The Morgan fingerprint density at radius 1 is 0.897 bits per heavy atom. The lowest BCUT2D eigenvalue weighted by atomic mass is 10.1. The number of carbonyl (C=O) groups excluding carboxylic acids is 2. The summed E-state index contributed by atoms with van der Waals surface area (Å²) in [7, 11) is -3.73. The number of amides is 2. The van der Waals surface area contributed by atoms with Gasteiger partial charge in [-0.15, -0.1) is 0 Å². The Morgan fingerprint density at radius 3 is 2.45 bits per heavy atom. The summed E-state index contributed by atoms with van der Waals surface area (Å²) in [4.78, 5) is 23.7. The van der Waals surface area contributed by atoms with Crippen LogP contribution in [-0.2, 0) is 26.2 Å². The summed E-state index contributed by atoms with van der Waals surface area (Å²) in [5.74, 6) is -0.196. The molecule has 29 heavy (non-hydrogen) atoms. The first-order chi connectivity index (χ1) is 13.9. The highest BCUT2D eigenvalue weighted by atomic mass is 32.2. The number of benzene rings is 2. The highest BCUT2D eigenvalue weighted by Gasteiger charge is 2.15. The topological polar surface area (TPSA) is 118 Å². The van der Waals surface area contributed by atoms with Crippen LogP contribution < -0.4 is 15.4 Å². The molecule has 0 atom stereocenters. The molecule has 2 amide bonds. The Bertz CT molecular complexity index is 1090. The molecule has 3 rings (SSSR count). The van der Waals surface area contributed by atoms with Gasteiger partial charge in [0, 0.05) is 13.0 Å². The van der Waals surface area contributed by atoms with E-state index in [1.165, 1.54) is 12.3 Å². The van der Waals surface area contributed by atoms with Gasteiger partial charge in [0.25, 0.3) is 0 Å². The smallest absolute Gasteiger partial charge is 0.240 e. The van der Waals surface area contributed by atoms with E-state index >= 15 is 0 Å². The van der Waals surface area contributed by atoms with E-state index in [9.17, 15) is 18.0 Å². The van der Waals surface area contributed by atoms with Crippen molar-refractivity contribution in [3.05, 3.63) is 66.6 Å². The second-order valence-electron chi connectivity index (χ2n) is 6.29. The third-order valence-corrected chi connectivity index (χ3v) is 5.62. The van der Waals surface area contributed by atoms with E-state index in [0.717, 1.165) is 10.8 Å². The number of sulfonamides is 1. The van der Waals surface area contributed by atoms with Crippen LogP contribution in [0.25, 0.3) is 10.8 Å². The standard InChI is InChI=1S/C20H21N3O5S/c24-19(22-14-20(25)21-13-17-6-3-11-28-17)9-10-23-29(26,27)18-8-7-15-4-1-2-5-16(15)12-18/h1-8,11-12,23H,9-10,13-14H2,(H,21,25)(H,22,24). The van der Waals surface area contributed by atoms with Crippen molar-refractivity contribution in [3.8, 4) is 0 Å². The van der Waals surface area contributed by atoms with Crippen LogP contribution in [0.5, 0.6) is 0 Å². The summed E-state index contributed by atoms with van der Waals surface area (Å²) >= 11 is 0. The normalized spacial score (nSPS) is 11.3. The molecule has 0 saturated heterocycles. The van der Waals surface area contributed by atoms with Gasteiger partial charge in [-0.05, 0) is 35.0 Å². The number of nitrogens with one attached hydrogen (secondary N) is 3. The average Bonchev–Trinajstić information content (AvgIpc) is 3.24. The van der Waals surface area contributed by atoms with Crippen molar-refractivity contribution in [1.82, 2.24) is 15.4 Å². The summed E-state index contributed by atoms with van der Waals surface area (Å²) in [6.07, 6.45) is 1.42. The molecule has 1 heterocycles. The van der Waals surface area contributed by atoms with Gasteiger partial charge in [0.2, 0.25) is 21.8 Å². The zero-order valence-corrected chi connectivity index (χ0v) is 16.4. The lowest BCUT2D eigenvalue weighted by Gasteiger charge is -2.09. The van der Waals surface area contributed by atoms with E-state index in [1.807, 2.05) is 24.3 Å². The molecule has 3 N–H and O–H groups in total. The molecule has 0 unspecified atom stereocenters. The summed E-state index contributed by atoms with van der Waals surface area (Å²) in [6, 6.07) is 15.7. The van der Waals surface area contributed by atoms with E-state index < -0.39 is 15.9 Å². The molecule has 0 aliphatic heterocycles. The maximum atomic E-state index is 12.4. The van der Waals surface area contributed by atoms with Gasteiger partial charge in [-0.3, -0.25) is 9.59 Å². The van der Waals surface area contributed by atoms with Crippen LogP contribution in [0.1, 0.15) is 12.2 Å². The summed E-state index contributed by atoms with van der Waals surface area (Å²) in [6.45, 7) is -0.0424. The molecule has 2 aromatic carbocycles. The van der Waals surface area contributed by atoms with Gasteiger partial charge in [0.1, 0.15) is 5.76 Å². The minimum absolute atomic E-state index is 0.0744. The molecule has 0 radical (unpaired) electrons. The quantitative estimate of drug-likeness (QED) is 0.490. The number of furan rings is 1. The van der Waals surface area contributed by atoms with Crippen molar-refractivity contribution in [2.45, 2.75) is 17.9 Å².